The zero-order chi connectivity index (χ0) is 13.4. The predicted octanol–water partition coefficient (Wildman–Crippen LogP) is 3.32. The minimum Gasteiger partial charge on any atom is -0.497 e. The van der Waals surface area contributed by atoms with Crippen LogP contribution in [0.4, 0.5) is 0 Å². The highest BCUT2D eigenvalue weighted by atomic mass is 16.5. The zero-order valence-corrected chi connectivity index (χ0v) is 11.5. The van der Waals surface area contributed by atoms with Crippen LogP contribution < -0.4 is 14.8 Å². The van der Waals surface area contributed by atoms with E-state index in [2.05, 4.69) is 11.9 Å². The second kappa shape index (κ2) is 7.77. The minimum absolute atomic E-state index is 0.273. The van der Waals surface area contributed by atoms with Gasteiger partial charge in [0.15, 0.2) is 0 Å². The lowest BCUT2D eigenvalue weighted by atomic mass is 10.00. The Hall–Kier alpha value is -1.48. The quantitative estimate of drug-likeness (QED) is 0.566. The summed E-state index contributed by atoms with van der Waals surface area (Å²) in [5, 5.41) is 3.33. The van der Waals surface area contributed by atoms with Crippen LogP contribution in [-0.2, 0) is 0 Å². The third kappa shape index (κ3) is 3.77. The van der Waals surface area contributed by atoms with Gasteiger partial charge in [0.25, 0.3) is 0 Å². The summed E-state index contributed by atoms with van der Waals surface area (Å²) < 4.78 is 10.7. The first-order valence-electron chi connectivity index (χ1n) is 6.26. The van der Waals surface area contributed by atoms with Crippen LogP contribution in [0.25, 0.3) is 0 Å². The van der Waals surface area contributed by atoms with Gasteiger partial charge in [-0.3, -0.25) is 0 Å². The third-order valence-corrected chi connectivity index (χ3v) is 3.06. The second-order valence-corrected chi connectivity index (χ2v) is 4.17. The highest BCUT2D eigenvalue weighted by molar-refractivity contribution is 5.42. The average Bonchev–Trinajstić information content (AvgIpc) is 2.43. The molecule has 0 aromatic heterocycles. The molecule has 0 spiro atoms. The Morgan fingerprint density at radius 3 is 2.67 bits per heavy atom. The number of rotatable bonds is 8. The van der Waals surface area contributed by atoms with Crippen LogP contribution >= 0.6 is 0 Å². The SMILES string of the molecule is C=CCCCC(NC)c1cc(OC)ccc1OC. The van der Waals surface area contributed by atoms with Gasteiger partial charge in [-0.15, -0.1) is 6.58 Å². The van der Waals surface area contributed by atoms with Gasteiger partial charge in [-0.25, -0.2) is 0 Å². The van der Waals surface area contributed by atoms with Gasteiger partial charge in [0.2, 0.25) is 0 Å². The van der Waals surface area contributed by atoms with Crippen molar-refractivity contribution in [3.63, 3.8) is 0 Å². The van der Waals surface area contributed by atoms with Crippen LogP contribution in [0, 0.1) is 0 Å². The molecule has 1 atom stereocenters. The van der Waals surface area contributed by atoms with Gasteiger partial charge in [0.05, 0.1) is 14.2 Å². The van der Waals surface area contributed by atoms with E-state index in [0.29, 0.717) is 0 Å². The van der Waals surface area contributed by atoms with Gasteiger partial charge < -0.3 is 14.8 Å². The highest BCUT2D eigenvalue weighted by Crippen LogP contribution is 2.31. The van der Waals surface area contributed by atoms with Gasteiger partial charge in [-0.05, 0) is 44.5 Å². The van der Waals surface area contributed by atoms with Crippen molar-refractivity contribution in [1.82, 2.24) is 5.32 Å². The van der Waals surface area contributed by atoms with Crippen molar-refractivity contribution in [2.75, 3.05) is 21.3 Å². The molecule has 0 radical (unpaired) electrons. The van der Waals surface area contributed by atoms with E-state index in [1.165, 1.54) is 0 Å². The lowest BCUT2D eigenvalue weighted by Crippen LogP contribution is -2.17. The third-order valence-electron chi connectivity index (χ3n) is 3.06. The fourth-order valence-corrected chi connectivity index (χ4v) is 2.03. The molecule has 0 bridgehead atoms. The molecule has 1 unspecified atom stereocenters. The van der Waals surface area contributed by atoms with E-state index in [1.54, 1.807) is 14.2 Å². The normalized spacial score (nSPS) is 11.9. The predicted molar refractivity (Wildman–Crippen MR) is 75.4 cm³/mol. The molecule has 1 aromatic rings. The molecule has 1 N–H and O–H groups in total. The average molecular weight is 249 g/mol. The van der Waals surface area contributed by atoms with Gasteiger partial charge in [0, 0.05) is 11.6 Å². The summed E-state index contributed by atoms with van der Waals surface area (Å²) in [7, 11) is 5.34. The molecular formula is C15H23NO2. The second-order valence-electron chi connectivity index (χ2n) is 4.17. The molecule has 0 heterocycles. The molecule has 0 aliphatic rings. The monoisotopic (exact) mass is 249 g/mol. The molecule has 100 valence electrons. The summed E-state index contributed by atoms with van der Waals surface area (Å²) in [4.78, 5) is 0. The molecule has 0 fully saturated rings. The summed E-state index contributed by atoms with van der Waals surface area (Å²) in [6.07, 6.45) is 5.14. The van der Waals surface area contributed by atoms with E-state index in [1.807, 2.05) is 31.3 Å². The molecule has 0 aliphatic carbocycles. The Kier molecular flexibility index (Phi) is 6.29. The van der Waals surface area contributed by atoms with Crippen LogP contribution in [-0.4, -0.2) is 21.3 Å². The van der Waals surface area contributed by atoms with Crippen LogP contribution in [0.1, 0.15) is 30.9 Å². The number of nitrogens with one attached hydrogen (secondary N) is 1. The minimum atomic E-state index is 0.273. The standard InChI is InChI=1S/C15H23NO2/c1-5-6-7-8-14(16-2)13-11-12(17-3)9-10-15(13)18-4/h5,9-11,14,16H,1,6-8H2,2-4H3. The summed E-state index contributed by atoms with van der Waals surface area (Å²) in [5.74, 6) is 1.75. The van der Waals surface area contributed by atoms with E-state index in [9.17, 15) is 0 Å². The van der Waals surface area contributed by atoms with Gasteiger partial charge in [-0.1, -0.05) is 6.08 Å². The van der Waals surface area contributed by atoms with E-state index < -0.39 is 0 Å². The molecule has 0 saturated heterocycles. The van der Waals surface area contributed by atoms with Crippen LogP contribution in [0.15, 0.2) is 30.9 Å². The van der Waals surface area contributed by atoms with Crippen molar-refractivity contribution in [2.45, 2.75) is 25.3 Å². The fourth-order valence-electron chi connectivity index (χ4n) is 2.03. The van der Waals surface area contributed by atoms with E-state index in [4.69, 9.17) is 9.47 Å². The number of hydrogen-bond acceptors (Lipinski definition) is 3. The van der Waals surface area contributed by atoms with E-state index in [0.717, 1.165) is 36.3 Å². The van der Waals surface area contributed by atoms with Crippen LogP contribution in [0.2, 0.25) is 0 Å². The topological polar surface area (TPSA) is 30.5 Å². The lowest BCUT2D eigenvalue weighted by Gasteiger charge is -2.20. The molecule has 3 nitrogen and oxygen atoms in total. The zero-order valence-electron chi connectivity index (χ0n) is 11.5. The van der Waals surface area contributed by atoms with Crippen molar-refractivity contribution >= 4 is 0 Å². The first kappa shape index (κ1) is 14.6. The lowest BCUT2D eigenvalue weighted by molar-refractivity contribution is 0.388. The Morgan fingerprint density at radius 2 is 2.11 bits per heavy atom. The molecular weight excluding hydrogens is 226 g/mol. The number of unbranched alkanes of at least 4 members (excludes halogenated alkanes) is 1. The number of ether oxygens (including phenoxy) is 2. The summed E-state index contributed by atoms with van der Waals surface area (Å²) in [6, 6.07) is 6.17. The van der Waals surface area contributed by atoms with E-state index in [-0.39, 0.29) is 6.04 Å². The summed E-state index contributed by atoms with van der Waals surface area (Å²) in [5.41, 5.74) is 1.14. The van der Waals surface area contributed by atoms with Gasteiger partial charge in [0.1, 0.15) is 11.5 Å². The Balaban J connectivity index is 2.90. The van der Waals surface area contributed by atoms with Crippen molar-refractivity contribution in [3.05, 3.63) is 36.4 Å². The van der Waals surface area contributed by atoms with Crippen LogP contribution in [0.3, 0.4) is 0 Å². The smallest absolute Gasteiger partial charge is 0.123 e. The number of hydrogen-bond donors (Lipinski definition) is 1. The van der Waals surface area contributed by atoms with Gasteiger partial charge >= 0.3 is 0 Å². The van der Waals surface area contributed by atoms with Gasteiger partial charge in [-0.2, -0.15) is 0 Å². The highest BCUT2D eigenvalue weighted by Gasteiger charge is 2.14. The summed E-state index contributed by atoms with van der Waals surface area (Å²) in [6.45, 7) is 3.75. The number of allylic oxidation sites excluding steroid dienone is 1. The fraction of sp³-hybridized carbons (Fsp3) is 0.467. The number of benzene rings is 1. The van der Waals surface area contributed by atoms with Crippen molar-refractivity contribution in [3.8, 4) is 11.5 Å². The molecule has 0 amide bonds. The Bertz CT molecular complexity index is 377. The van der Waals surface area contributed by atoms with Crippen molar-refractivity contribution < 1.29 is 9.47 Å². The van der Waals surface area contributed by atoms with Crippen molar-refractivity contribution in [1.29, 1.82) is 0 Å². The molecule has 18 heavy (non-hydrogen) atoms. The first-order chi connectivity index (χ1) is 8.76. The molecule has 1 rings (SSSR count). The van der Waals surface area contributed by atoms with Crippen LogP contribution in [0.5, 0.6) is 11.5 Å². The molecule has 0 saturated carbocycles. The largest absolute Gasteiger partial charge is 0.497 e. The maximum absolute atomic E-state index is 5.42. The van der Waals surface area contributed by atoms with Crippen molar-refractivity contribution in [2.24, 2.45) is 0 Å². The maximum atomic E-state index is 5.42. The molecule has 3 heteroatoms. The first-order valence-corrected chi connectivity index (χ1v) is 6.26. The number of methoxy groups -OCH3 is 2. The Labute approximate surface area is 110 Å². The molecule has 1 aromatic carbocycles. The molecule has 0 aliphatic heterocycles. The van der Waals surface area contributed by atoms with E-state index >= 15 is 0 Å². The Morgan fingerprint density at radius 1 is 1.33 bits per heavy atom. The summed E-state index contributed by atoms with van der Waals surface area (Å²) >= 11 is 0. The maximum Gasteiger partial charge on any atom is 0.123 e.